The second-order valence-electron chi connectivity index (χ2n) is 9.70. The van der Waals surface area contributed by atoms with E-state index in [1.54, 1.807) is 4.90 Å². The summed E-state index contributed by atoms with van der Waals surface area (Å²) in [7, 11) is -0.528. The molecule has 1 aromatic rings. The third kappa shape index (κ3) is 5.61. The van der Waals surface area contributed by atoms with Crippen molar-refractivity contribution >= 4 is 20.7 Å². The molecule has 0 aliphatic heterocycles. The third-order valence-electron chi connectivity index (χ3n) is 6.70. The SMILES string of the molecule is COC(=O)N(Cc1ccccc1)[C@H]1C=CCC[C@]1(C=O)CCO[Si](C)(C)C(C)(C)C. The predicted molar refractivity (Wildman–Crippen MR) is 123 cm³/mol. The fourth-order valence-electron chi connectivity index (χ4n) is 3.68. The molecule has 30 heavy (non-hydrogen) atoms. The summed E-state index contributed by atoms with van der Waals surface area (Å²) in [5.41, 5.74) is 0.319. The first-order valence-electron chi connectivity index (χ1n) is 10.7. The molecule has 0 fully saturated rings. The van der Waals surface area contributed by atoms with Crippen LogP contribution < -0.4 is 0 Å². The van der Waals surface area contributed by atoms with Crippen molar-refractivity contribution in [3.05, 3.63) is 48.0 Å². The molecular weight excluding hydrogens is 394 g/mol. The summed E-state index contributed by atoms with van der Waals surface area (Å²) >= 11 is 0. The van der Waals surface area contributed by atoms with Gasteiger partial charge >= 0.3 is 6.09 Å². The smallest absolute Gasteiger partial charge is 0.410 e. The third-order valence-corrected chi connectivity index (χ3v) is 11.2. The van der Waals surface area contributed by atoms with Crippen LogP contribution in [-0.2, 0) is 20.5 Å². The van der Waals surface area contributed by atoms with Gasteiger partial charge in [-0.15, -0.1) is 0 Å². The number of ether oxygens (including phenoxy) is 1. The van der Waals surface area contributed by atoms with E-state index in [4.69, 9.17) is 9.16 Å². The fourth-order valence-corrected chi connectivity index (χ4v) is 4.72. The highest BCUT2D eigenvalue weighted by atomic mass is 28.4. The molecule has 1 amide bonds. The van der Waals surface area contributed by atoms with Gasteiger partial charge in [-0.25, -0.2) is 4.79 Å². The van der Waals surface area contributed by atoms with Crippen molar-refractivity contribution in [1.29, 1.82) is 0 Å². The molecule has 0 saturated heterocycles. The number of methoxy groups -OCH3 is 1. The highest BCUT2D eigenvalue weighted by Gasteiger charge is 2.45. The van der Waals surface area contributed by atoms with Crippen LogP contribution in [0.25, 0.3) is 0 Å². The molecule has 0 radical (unpaired) electrons. The first-order chi connectivity index (χ1) is 14.1. The second kappa shape index (κ2) is 9.92. The zero-order valence-corrected chi connectivity index (χ0v) is 20.3. The van der Waals surface area contributed by atoms with Crippen LogP contribution in [-0.4, -0.2) is 45.4 Å². The maximum absolute atomic E-state index is 12.7. The van der Waals surface area contributed by atoms with Gasteiger partial charge < -0.3 is 14.0 Å². The number of carbonyl (C=O) groups excluding carboxylic acids is 2. The molecule has 2 atom stereocenters. The number of nitrogens with zero attached hydrogens (tertiary/aromatic N) is 1. The largest absolute Gasteiger partial charge is 0.453 e. The van der Waals surface area contributed by atoms with Crippen molar-refractivity contribution < 1.29 is 18.8 Å². The van der Waals surface area contributed by atoms with Gasteiger partial charge in [0.1, 0.15) is 6.29 Å². The number of hydrogen-bond donors (Lipinski definition) is 0. The molecule has 0 saturated carbocycles. The number of aldehydes is 1. The minimum Gasteiger partial charge on any atom is -0.453 e. The molecule has 5 nitrogen and oxygen atoms in total. The van der Waals surface area contributed by atoms with E-state index in [0.717, 1.165) is 18.3 Å². The Morgan fingerprint density at radius 2 is 1.93 bits per heavy atom. The van der Waals surface area contributed by atoms with E-state index in [-0.39, 0.29) is 11.1 Å². The number of benzene rings is 1. The Hall–Kier alpha value is -1.92. The van der Waals surface area contributed by atoms with Crippen LogP contribution in [0.2, 0.25) is 18.1 Å². The van der Waals surface area contributed by atoms with Crippen LogP contribution in [0, 0.1) is 5.41 Å². The van der Waals surface area contributed by atoms with E-state index >= 15 is 0 Å². The summed E-state index contributed by atoms with van der Waals surface area (Å²) in [5.74, 6) is 0. The van der Waals surface area contributed by atoms with Crippen molar-refractivity contribution in [3.8, 4) is 0 Å². The summed E-state index contributed by atoms with van der Waals surface area (Å²) < 4.78 is 11.5. The molecule has 6 heteroatoms. The number of allylic oxidation sites excluding steroid dienone is 1. The molecule has 0 bridgehead atoms. The number of carbonyl (C=O) groups is 2. The van der Waals surface area contributed by atoms with Gasteiger partial charge in [0.05, 0.1) is 18.6 Å². The number of hydrogen-bond acceptors (Lipinski definition) is 4. The van der Waals surface area contributed by atoms with Gasteiger partial charge in [0, 0.05) is 13.2 Å². The predicted octanol–water partition coefficient (Wildman–Crippen LogP) is 5.57. The fraction of sp³-hybridized carbons (Fsp3) is 0.583. The minimum atomic E-state index is -1.91. The molecule has 1 aliphatic rings. The Morgan fingerprint density at radius 3 is 2.50 bits per heavy atom. The maximum atomic E-state index is 12.7. The Balaban J connectivity index is 2.26. The van der Waals surface area contributed by atoms with Crippen molar-refractivity contribution in [3.63, 3.8) is 0 Å². The highest BCUT2D eigenvalue weighted by molar-refractivity contribution is 6.74. The van der Waals surface area contributed by atoms with Gasteiger partial charge in [-0.3, -0.25) is 4.90 Å². The Kier molecular flexibility index (Phi) is 8.05. The molecule has 1 aromatic carbocycles. The summed E-state index contributed by atoms with van der Waals surface area (Å²) in [4.78, 5) is 26.8. The van der Waals surface area contributed by atoms with Gasteiger partial charge in [0.2, 0.25) is 0 Å². The number of rotatable bonds is 8. The molecule has 166 valence electrons. The molecule has 0 spiro atoms. The van der Waals surface area contributed by atoms with E-state index in [1.807, 2.05) is 36.4 Å². The Morgan fingerprint density at radius 1 is 1.27 bits per heavy atom. The van der Waals surface area contributed by atoms with Gasteiger partial charge in [-0.1, -0.05) is 63.3 Å². The monoisotopic (exact) mass is 431 g/mol. The Labute approximate surface area is 182 Å². The van der Waals surface area contributed by atoms with Crippen molar-refractivity contribution in [2.45, 2.75) is 70.8 Å². The van der Waals surface area contributed by atoms with Crippen molar-refractivity contribution in [2.24, 2.45) is 5.41 Å². The lowest BCUT2D eigenvalue weighted by Gasteiger charge is -2.44. The van der Waals surface area contributed by atoms with Crippen LogP contribution in [0.15, 0.2) is 42.5 Å². The number of amides is 1. The van der Waals surface area contributed by atoms with E-state index in [0.29, 0.717) is 26.0 Å². The molecular formula is C24H37NO4Si. The average Bonchev–Trinajstić information content (AvgIpc) is 2.71. The molecule has 0 N–H and O–H groups in total. The topological polar surface area (TPSA) is 55.8 Å². The normalized spacial score (nSPS) is 21.9. The average molecular weight is 432 g/mol. The zero-order valence-electron chi connectivity index (χ0n) is 19.3. The standard InChI is InChI=1S/C24H37NO4Si/c1-23(2,3)30(5,6)29-17-16-24(19-26)15-11-10-14-21(24)25(22(27)28-4)18-20-12-8-7-9-13-20/h7-10,12-14,19,21H,11,15-18H2,1-6H3/t21-,24+/m0/s1. The quantitative estimate of drug-likeness (QED) is 0.307. The van der Waals surface area contributed by atoms with Gasteiger partial charge in [-0.2, -0.15) is 0 Å². The Bertz CT molecular complexity index is 741. The van der Waals surface area contributed by atoms with Crippen molar-refractivity contribution in [1.82, 2.24) is 4.90 Å². The lowest BCUT2D eigenvalue weighted by Crippen LogP contribution is -2.52. The molecule has 0 unspecified atom stereocenters. The van der Waals surface area contributed by atoms with Crippen LogP contribution in [0.1, 0.15) is 45.6 Å². The lowest BCUT2D eigenvalue weighted by atomic mass is 9.71. The summed E-state index contributed by atoms with van der Waals surface area (Å²) in [6.07, 6.45) is 6.76. The first kappa shape index (κ1) is 24.3. The minimum absolute atomic E-state index is 0.110. The summed E-state index contributed by atoms with van der Waals surface area (Å²) in [6.45, 7) is 12.0. The highest BCUT2D eigenvalue weighted by Crippen LogP contribution is 2.41. The van der Waals surface area contributed by atoms with Gasteiger partial charge in [0.25, 0.3) is 0 Å². The summed E-state index contributed by atoms with van der Waals surface area (Å²) in [5, 5.41) is 0.110. The van der Waals surface area contributed by atoms with Crippen molar-refractivity contribution in [2.75, 3.05) is 13.7 Å². The summed E-state index contributed by atoms with van der Waals surface area (Å²) in [6, 6.07) is 9.43. The van der Waals surface area contributed by atoms with Gasteiger partial charge in [-0.05, 0) is 43.0 Å². The molecule has 0 aromatic heterocycles. The van der Waals surface area contributed by atoms with Crippen LogP contribution in [0.3, 0.4) is 0 Å². The molecule has 0 heterocycles. The second-order valence-corrected chi connectivity index (χ2v) is 14.5. The van der Waals surface area contributed by atoms with E-state index in [9.17, 15) is 9.59 Å². The first-order valence-corrected chi connectivity index (χ1v) is 13.6. The zero-order chi connectivity index (χ0) is 22.4. The maximum Gasteiger partial charge on any atom is 0.410 e. The lowest BCUT2D eigenvalue weighted by molar-refractivity contribution is -0.120. The van der Waals surface area contributed by atoms with Crippen LogP contribution in [0.5, 0.6) is 0 Å². The van der Waals surface area contributed by atoms with Crippen LogP contribution in [0.4, 0.5) is 4.79 Å². The van der Waals surface area contributed by atoms with Crippen LogP contribution >= 0.6 is 0 Å². The van der Waals surface area contributed by atoms with E-state index in [2.05, 4.69) is 39.9 Å². The van der Waals surface area contributed by atoms with E-state index < -0.39 is 19.8 Å². The van der Waals surface area contributed by atoms with E-state index in [1.165, 1.54) is 7.11 Å². The van der Waals surface area contributed by atoms with Gasteiger partial charge in [0.15, 0.2) is 8.32 Å². The molecule has 2 rings (SSSR count). The molecule has 1 aliphatic carbocycles.